The number of hydrogen-bond donors (Lipinski definition) is 1. The number of ketones is 1. The van der Waals surface area contributed by atoms with Crippen LogP contribution in [0.3, 0.4) is 0 Å². The summed E-state index contributed by atoms with van der Waals surface area (Å²) in [6, 6.07) is 3.41. The summed E-state index contributed by atoms with van der Waals surface area (Å²) in [5, 5.41) is 9.56. The van der Waals surface area contributed by atoms with Gasteiger partial charge in [-0.1, -0.05) is 0 Å². The molecule has 1 aromatic carbocycles. The number of ether oxygens (including phenoxy) is 2. The molecule has 1 aliphatic heterocycles. The molecule has 0 aromatic heterocycles. The summed E-state index contributed by atoms with van der Waals surface area (Å²) in [4.78, 5) is 11.7. The second-order valence-electron chi connectivity index (χ2n) is 4.42. The van der Waals surface area contributed by atoms with Crippen molar-refractivity contribution in [3.63, 3.8) is 0 Å². The van der Waals surface area contributed by atoms with Gasteiger partial charge >= 0.3 is 12.1 Å². The zero-order valence-corrected chi connectivity index (χ0v) is 10.5. The van der Waals surface area contributed by atoms with Gasteiger partial charge in [0.05, 0.1) is 19.1 Å². The van der Waals surface area contributed by atoms with Crippen LogP contribution in [0.2, 0.25) is 0 Å². The molecule has 1 aliphatic rings. The van der Waals surface area contributed by atoms with Crippen LogP contribution in [0.4, 0.5) is 22.0 Å². The van der Waals surface area contributed by atoms with Gasteiger partial charge in [0, 0.05) is 6.07 Å². The summed E-state index contributed by atoms with van der Waals surface area (Å²) in [7, 11) is 1.23. The van der Waals surface area contributed by atoms with Crippen LogP contribution in [0.1, 0.15) is 16.8 Å². The van der Waals surface area contributed by atoms with E-state index >= 15 is 0 Å². The predicted octanol–water partition coefficient (Wildman–Crippen LogP) is 2.55. The van der Waals surface area contributed by atoms with E-state index in [-0.39, 0.29) is 11.3 Å². The molecule has 1 heterocycles. The minimum atomic E-state index is -6.07. The van der Waals surface area contributed by atoms with Crippen LogP contribution in [0, 0.1) is 0 Å². The van der Waals surface area contributed by atoms with Crippen molar-refractivity contribution >= 4 is 5.78 Å². The maximum atomic E-state index is 13.4. The van der Waals surface area contributed by atoms with Crippen molar-refractivity contribution in [1.82, 2.24) is 0 Å². The first-order valence-electron chi connectivity index (χ1n) is 5.59. The molecule has 21 heavy (non-hydrogen) atoms. The number of hydrogen-bond acceptors (Lipinski definition) is 4. The number of rotatable bonds is 2. The van der Waals surface area contributed by atoms with Gasteiger partial charge in [0.25, 0.3) is 5.79 Å². The van der Waals surface area contributed by atoms with Crippen molar-refractivity contribution in [1.29, 1.82) is 0 Å². The third-order valence-corrected chi connectivity index (χ3v) is 3.01. The van der Waals surface area contributed by atoms with Gasteiger partial charge in [-0.25, -0.2) is 0 Å². The van der Waals surface area contributed by atoms with Gasteiger partial charge in [-0.2, -0.15) is 22.0 Å². The molecule has 0 fully saturated rings. The van der Waals surface area contributed by atoms with E-state index in [1.54, 1.807) is 0 Å². The zero-order chi connectivity index (χ0) is 16.1. The van der Waals surface area contributed by atoms with Gasteiger partial charge in [-0.05, 0) is 12.1 Å². The molecule has 0 saturated heterocycles. The first kappa shape index (κ1) is 15.5. The number of fused-ring (bicyclic) bond motifs is 1. The van der Waals surface area contributed by atoms with Crippen LogP contribution < -0.4 is 9.47 Å². The van der Waals surface area contributed by atoms with E-state index in [0.29, 0.717) is 0 Å². The maximum Gasteiger partial charge on any atom is 0.460 e. The summed E-state index contributed by atoms with van der Waals surface area (Å²) in [6.07, 6.45) is -7.59. The summed E-state index contributed by atoms with van der Waals surface area (Å²) in [5.41, 5.74) is -0.210. The maximum absolute atomic E-state index is 13.4. The molecule has 0 aliphatic carbocycles. The van der Waals surface area contributed by atoms with Crippen molar-refractivity contribution in [2.75, 3.05) is 7.11 Å². The molecule has 4 nitrogen and oxygen atoms in total. The van der Waals surface area contributed by atoms with Gasteiger partial charge in [-0.15, -0.1) is 0 Å². The highest BCUT2D eigenvalue weighted by atomic mass is 19.4. The third kappa shape index (κ3) is 2.31. The van der Waals surface area contributed by atoms with Crippen molar-refractivity contribution in [3.8, 4) is 11.5 Å². The zero-order valence-electron chi connectivity index (χ0n) is 10.5. The van der Waals surface area contributed by atoms with Gasteiger partial charge in [0.2, 0.25) is 0 Å². The molecule has 2 rings (SSSR count). The fraction of sp³-hybridized carbons (Fsp3) is 0.417. The number of methoxy groups -OCH3 is 1. The number of carbonyl (C=O) groups excluding carboxylic acids is 1. The van der Waals surface area contributed by atoms with Crippen LogP contribution >= 0.6 is 0 Å². The molecule has 0 radical (unpaired) electrons. The fourth-order valence-electron chi connectivity index (χ4n) is 1.87. The Balaban J connectivity index is 2.49. The van der Waals surface area contributed by atoms with Crippen LogP contribution in [0.5, 0.6) is 11.5 Å². The Morgan fingerprint density at radius 3 is 2.43 bits per heavy atom. The smallest absolute Gasteiger partial charge is 0.460 e. The third-order valence-electron chi connectivity index (χ3n) is 3.01. The molecule has 0 saturated carbocycles. The van der Waals surface area contributed by atoms with E-state index in [2.05, 4.69) is 4.74 Å². The predicted molar refractivity (Wildman–Crippen MR) is 58.5 cm³/mol. The van der Waals surface area contributed by atoms with Crippen molar-refractivity contribution in [2.24, 2.45) is 0 Å². The van der Waals surface area contributed by atoms with Gasteiger partial charge < -0.3 is 14.6 Å². The van der Waals surface area contributed by atoms with E-state index in [0.717, 1.165) is 12.1 Å². The molecule has 116 valence electrons. The number of Topliss-reactive ketones (excluding diaryl/α,β-unsaturated/α-hetero) is 1. The Kier molecular flexibility index (Phi) is 3.36. The minimum absolute atomic E-state index is 0.0705. The van der Waals surface area contributed by atoms with Gasteiger partial charge in [-0.3, -0.25) is 4.79 Å². The average Bonchev–Trinajstić information content (AvgIpc) is 2.36. The Morgan fingerprint density at radius 1 is 1.29 bits per heavy atom. The lowest BCUT2D eigenvalue weighted by Crippen LogP contribution is -2.62. The molecule has 0 unspecified atom stereocenters. The lowest BCUT2D eigenvalue weighted by Gasteiger charge is -2.38. The molecular weight excluding hydrogens is 303 g/mol. The Bertz CT molecular complexity index is 584. The molecular formula is C12H9F5O4. The van der Waals surface area contributed by atoms with E-state index in [9.17, 15) is 31.9 Å². The van der Waals surface area contributed by atoms with Crippen molar-refractivity contribution in [2.45, 2.75) is 24.3 Å². The van der Waals surface area contributed by atoms with Crippen molar-refractivity contribution < 1.29 is 41.3 Å². The van der Waals surface area contributed by atoms with Crippen LogP contribution in [0.25, 0.3) is 0 Å². The summed E-state index contributed by atoms with van der Waals surface area (Å²) < 4.78 is 73.1. The lowest BCUT2D eigenvalue weighted by molar-refractivity contribution is -0.384. The normalized spacial score (nSPS) is 22.5. The molecule has 0 spiro atoms. The second-order valence-corrected chi connectivity index (χ2v) is 4.42. The number of carbonyl (C=O) groups is 1. The second kappa shape index (κ2) is 4.55. The monoisotopic (exact) mass is 312 g/mol. The number of benzene rings is 1. The molecule has 0 amide bonds. The largest absolute Gasteiger partial charge is 0.497 e. The first-order chi connectivity index (χ1) is 9.52. The van der Waals surface area contributed by atoms with E-state index < -0.39 is 35.8 Å². The van der Waals surface area contributed by atoms with Crippen molar-refractivity contribution in [3.05, 3.63) is 23.8 Å². The van der Waals surface area contributed by atoms with Gasteiger partial charge in [0.1, 0.15) is 11.5 Å². The summed E-state index contributed by atoms with van der Waals surface area (Å²) >= 11 is 0. The number of aliphatic hydroxyl groups is 1. The average molecular weight is 312 g/mol. The van der Waals surface area contributed by atoms with E-state index in [1.165, 1.54) is 13.2 Å². The minimum Gasteiger partial charge on any atom is -0.497 e. The molecule has 1 aromatic rings. The van der Waals surface area contributed by atoms with E-state index in [4.69, 9.17) is 4.74 Å². The summed E-state index contributed by atoms with van der Waals surface area (Å²) in [5.74, 6) is -11.2. The fourth-order valence-corrected chi connectivity index (χ4v) is 1.87. The van der Waals surface area contributed by atoms with Crippen LogP contribution in [-0.2, 0) is 0 Å². The lowest BCUT2D eigenvalue weighted by atomic mass is 9.93. The highest BCUT2D eigenvalue weighted by Gasteiger charge is 2.73. The Hall–Kier alpha value is -1.90. The number of alkyl halides is 5. The topological polar surface area (TPSA) is 55.8 Å². The molecule has 9 heteroatoms. The SMILES string of the molecule is COc1ccc2c(c1)O[C@@](O)(C(F)(F)C(F)(F)F)CC2=O. The molecule has 0 bridgehead atoms. The Morgan fingerprint density at radius 2 is 1.90 bits per heavy atom. The van der Waals surface area contributed by atoms with Crippen LogP contribution in [0.15, 0.2) is 18.2 Å². The molecule has 1 N–H and O–H groups in total. The van der Waals surface area contributed by atoms with E-state index in [1.807, 2.05) is 0 Å². The first-order valence-corrected chi connectivity index (χ1v) is 5.59. The van der Waals surface area contributed by atoms with Crippen LogP contribution in [-0.4, -0.2) is 35.9 Å². The standard InChI is InChI=1S/C12H9F5O4/c1-20-6-2-3-7-8(18)5-10(19,21-9(7)4-6)11(13,14)12(15,16)17/h2-4,19H,5H2,1H3/t10-/m1/s1. The highest BCUT2D eigenvalue weighted by Crippen LogP contribution is 2.48. The molecule has 1 atom stereocenters. The Labute approximate surface area is 115 Å². The quantitative estimate of drug-likeness (QED) is 0.853. The summed E-state index contributed by atoms with van der Waals surface area (Å²) in [6.45, 7) is 0. The van der Waals surface area contributed by atoms with Gasteiger partial charge in [0.15, 0.2) is 5.78 Å². The number of halogens is 5. The highest BCUT2D eigenvalue weighted by molar-refractivity contribution is 6.00.